The summed E-state index contributed by atoms with van der Waals surface area (Å²) >= 11 is 0. The minimum Gasteiger partial charge on any atom is -0.469 e. The molecule has 0 aromatic heterocycles. The predicted molar refractivity (Wildman–Crippen MR) is 45.9 cm³/mol. The molecule has 1 rings (SSSR count). The van der Waals surface area contributed by atoms with Crippen LogP contribution in [0.5, 0.6) is 0 Å². The summed E-state index contributed by atoms with van der Waals surface area (Å²) in [5, 5.41) is 18.8. The first-order valence-electron chi connectivity index (χ1n) is 4.46. The van der Waals surface area contributed by atoms with Crippen LogP contribution >= 0.6 is 0 Å². The summed E-state index contributed by atoms with van der Waals surface area (Å²) in [6.07, 6.45) is 1.05. The van der Waals surface area contributed by atoms with E-state index in [1.807, 2.05) is 0 Å². The topological polar surface area (TPSA) is 66.8 Å². The first kappa shape index (κ1) is 10.5. The molecule has 4 nitrogen and oxygen atoms in total. The highest BCUT2D eigenvalue weighted by Gasteiger charge is 2.47. The van der Waals surface area contributed by atoms with Crippen molar-refractivity contribution in [3.05, 3.63) is 0 Å². The maximum absolute atomic E-state index is 11.2. The molecule has 0 saturated heterocycles. The van der Waals surface area contributed by atoms with Crippen LogP contribution < -0.4 is 0 Å². The van der Waals surface area contributed by atoms with Gasteiger partial charge in [-0.05, 0) is 12.8 Å². The van der Waals surface area contributed by atoms with E-state index >= 15 is 0 Å². The van der Waals surface area contributed by atoms with Crippen molar-refractivity contribution in [2.45, 2.75) is 25.4 Å². The normalized spacial score (nSPS) is 39.1. The van der Waals surface area contributed by atoms with Crippen molar-refractivity contribution in [2.75, 3.05) is 13.7 Å². The number of methoxy groups -OCH3 is 1. The number of aliphatic hydroxyl groups is 2. The Labute approximate surface area is 77.5 Å². The molecule has 0 aromatic carbocycles. The molecule has 13 heavy (non-hydrogen) atoms. The fourth-order valence-corrected chi connectivity index (χ4v) is 1.95. The number of rotatable bonds is 2. The molecular formula is C9H16O4. The molecule has 4 heteroatoms. The molecule has 1 saturated carbocycles. The van der Waals surface area contributed by atoms with E-state index in [0.29, 0.717) is 12.8 Å². The molecule has 0 aliphatic heterocycles. The van der Waals surface area contributed by atoms with Crippen LogP contribution in [-0.2, 0) is 9.53 Å². The standard InChI is InChI=1S/C9H16O4/c1-6-7(8(11)13-2)3-4-9(6,12)5-10/h6-7,10,12H,3-5H2,1-2H3. The lowest BCUT2D eigenvalue weighted by Gasteiger charge is -2.26. The van der Waals surface area contributed by atoms with Crippen LogP contribution in [0.25, 0.3) is 0 Å². The fraction of sp³-hybridized carbons (Fsp3) is 0.889. The van der Waals surface area contributed by atoms with Gasteiger partial charge in [-0.15, -0.1) is 0 Å². The zero-order valence-electron chi connectivity index (χ0n) is 7.99. The van der Waals surface area contributed by atoms with E-state index in [1.165, 1.54) is 7.11 Å². The van der Waals surface area contributed by atoms with Crippen LogP contribution in [0, 0.1) is 11.8 Å². The van der Waals surface area contributed by atoms with Crippen LogP contribution in [0.4, 0.5) is 0 Å². The summed E-state index contributed by atoms with van der Waals surface area (Å²) in [5.74, 6) is -0.802. The van der Waals surface area contributed by atoms with Crippen LogP contribution in [0.2, 0.25) is 0 Å². The van der Waals surface area contributed by atoms with Gasteiger partial charge in [0.25, 0.3) is 0 Å². The Bertz CT molecular complexity index is 204. The molecule has 3 unspecified atom stereocenters. The first-order valence-corrected chi connectivity index (χ1v) is 4.46. The Kier molecular flexibility index (Phi) is 2.93. The Morgan fingerprint density at radius 2 is 2.31 bits per heavy atom. The summed E-state index contributed by atoms with van der Waals surface area (Å²) in [7, 11) is 1.34. The van der Waals surface area contributed by atoms with Gasteiger partial charge in [0.1, 0.15) is 0 Å². The van der Waals surface area contributed by atoms with Gasteiger partial charge in [-0.25, -0.2) is 0 Å². The molecule has 0 radical (unpaired) electrons. The maximum atomic E-state index is 11.2. The van der Waals surface area contributed by atoms with Crippen molar-refractivity contribution in [3.63, 3.8) is 0 Å². The highest BCUT2D eigenvalue weighted by molar-refractivity contribution is 5.73. The SMILES string of the molecule is COC(=O)C1CCC(O)(CO)C1C. The molecule has 0 spiro atoms. The molecule has 1 aliphatic carbocycles. The van der Waals surface area contributed by atoms with Crippen molar-refractivity contribution in [2.24, 2.45) is 11.8 Å². The van der Waals surface area contributed by atoms with Gasteiger partial charge in [0.15, 0.2) is 0 Å². The average Bonchev–Trinajstić information content (AvgIpc) is 2.44. The molecule has 1 aliphatic rings. The van der Waals surface area contributed by atoms with E-state index in [0.717, 1.165) is 0 Å². The Balaban J connectivity index is 2.70. The predicted octanol–water partition coefficient (Wildman–Crippen LogP) is -0.0711. The van der Waals surface area contributed by atoms with Crippen molar-refractivity contribution >= 4 is 5.97 Å². The first-order chi connectivity index (χ1) is 6.05. The molecule has 0 aromatic rings. The van der Waals surface area contributed by atoms with Gasteiger partial charge in [0.05, 0.1) is 25.2 Å². The van der Waals surface area contributed by atoms with E-state index in [4.69, 9.17) is 5.11 Å². The third kappa shape index (κ3) is 1.69. The van der Waals surface area contributed by atoms with Gasteiger partial charge in [-0.1, -0.05) is 6.92 Å². The largest absolute Gasteiger partial charge is 0.469 e. The van der Waals surface area contributed by atoms with Crippen molar-refractivity contribution < 1.29 is 19.7 Å². The van der Waals surface area contributed by atoms with Crippen molar-refractivity contribution in [3.8, 4) is 0 Å². The van der Waals surface area contributed by atoms with Gasteiger partial charge < -0.3 is 14.9 Å². The maximum Gasteiger partial charge on any atom is 0.309 e. The lowest BCUT2D eigenvalue weighted by molar-refractivity contribution is -0.148. The average molecular weight is 188 g/mol. The zero-order chi connectivity index (χ0) is 10.1. The summed E-state index contributed by atoms with van der Waals surface area (Å²) in [4.78, 5) is 11.2. The number of esters is 1. The fourth-order valence-electron chi connectivity index (χ4n) is 1.95. The number of hydrogen-bond acceptors (Lipinski definition) is 4. The molecule has 76 valence electrons. The van der Waals surface area contributed by atoms with E-state index in [9.17, 15) is 9.90 Å². The van der Waals surface area contributed by atoms with E-state index in [2.05, 4.69) is 4.74 Å². The minimum absolute atomic E-state index is 0.232. The van der Waals surface area contributed by atoms with Gasteiger partial charge in [0, 0.05) is 5.92 Å². The third-order valence-electron chi connectivity index (χ3n) is 3.12. The molecular weight excluding hydrogens is 172 g/mol. The number of ether oxygens (including phenoxy) is 1. The lowest BCUT2D eigenvalue weighted by atomic mass is 9.88. The van der Waals surface area contributed by atoms with E-state index in [1.54, 1.807) is 6.92 Å². The monoisotopic (exact) mass is 188 g/mol. The highest BCUT2D eigenvalue weighted by atomic mass is 16.5. The van der Waals surface area contributed by atoms with Crippen molar-refractivity contribution in [1.82, 2.24) is 0 Å². The lowest BCUT2D eigenvalue weighted by Crippen LogP contribution is -2.39. The third-order valence-corrected chi connectivity index (χ3v) is 3.12. The second-order valence-corrected chi connectivity index (χ2v) is 3.72. The highest BCUT2D eigenvalue weighted by Crippen LogP contribution is 2.40. The van der Waals surface area contributed by atoms with Gasteiger partial charge >= 0.3 is 5.97 Å². The summed E-state index contributed by atoms with van der Waals surface area (Å²) in [6, 6.07) is 0. The number of carbonyl (C=O) groups is 1. The van der Waals surface area contributed by atoms with Gasteiger partial charge in [0.2, 0.25) is 0 Å². The second kappa shape index (κ2) is 3.64. The second-order valence-electron chi connectivity index (χ2n) is 3.72. The molecule has 0 bridgehead atoms. The quantitative estimate of drug-likeness (QED) is 0.595. The Morgan fingerprint density at radius 1 is 1.69 bits per heavy atom. The summed E-state index contributed by atoms with van der Waals surface area (Å²) < 4.78 is 4.61. The molecule has 0 amide bonds. The van der Waals surface area contributed by atoms with Crippen LogP contribution in [0.1, 0.15) is 19.8 Å². The Hall–Kier alpha value is -0.610. The van der Waals surface area contributed by atoms with Gasteiger partial charge in [-0.3, -0.25) is 4.79 Å². The van der Waals surface area contributed by atoms with Crippen LogP contribution in [0.3, 0.4) is 0 Å². The summed E-state index contributed by atoms with van der Waals surface area (Å²) in [5.41, 5.74) is -1.10. The zero-order valence-corrected chi connectivity index (χ0v) is 7.99. The molecule has 3 atom stereocenters. The number of hydrogen-bond donors (Lipinski definition) is 2. The number of aliphatic hydroxyl groups excluding tert-OH is 1. The van der Waals surface area contributed by atoms with Gasteiger partial charge in [-0.2, -0.15) is 0 Å². The Morgan fingerprint density at radius 3 is 2.69 bits per heavy atom. The molecule has 2 N–H and O–H groups in total. The van der Waals surface area contributed by atoms with Crippen LogP contribution in [0.15, 0.2) is 0 Å². The minimum atomic E-state index is -1.10. The van der Waals surface area contributed by atoms with E-state index < -0.39 is 5.60 Å². The molecule has 0 heterocycles. The van der Waals surface area contributed by atoms with Crippen molar-refractivity contribution in [1.29, 1.82) is 0 Å². The van der Waals surface area contributed by atoms with E-state index in [-0.39, 0.29) is 24.4 Å². The summed E-state index contributed by atoms with van der Waals surface area (Å²) in [6.45, 7) is 1.48. The van der Waals surface area contributed by atoms with Crippen LogP contribution in [-0.4, -0.2) is 35.5 Å². The molecule has 1 fully saturated rings. The number of carbonyl (C=O) groups excluding carboxylic acids is 1. The smallest absolute Gasteiger partial charge is 0.309 e.